The minimum Gasteiger partial charge on any atom is -0.353 e. The van der Waals surface area contributed by atoms with Crippen molar-refractivity contribution in [2.75, 3.05) is 5.75 Å². The van der Waals surface area contributed by atoms with Gasteiger partial charge in [0.25, 0.3) is 5.56 Å². The molecule has 28 heavy (non-hydrogen) atoms. The van der Waals surface area contributed by atoms with Crippen molar-refractivity contribution in [2.45, 2.75) is 56.1 Å². The number of carbonyl (C=O) groups excluding carboxylic acids is 1. The normalized spacial score (nSPS) is 16.2. The number of aromatic nitrogens is 4. The number of aryl methyl sites for hydroxylation is 1. The third kappa shape index (κ3) is 3.78. The largest absolute Gasteiger partial charge is 0.353 e. The molecule has 2 heterocycles. The number of rotatable bonds is 4. The van der Waals surface area contributed by atoms with E-state index in [-0.39, 0.29) is 23.3 Å². The summed E-state index contributed by atoms with van der Waals surface area (Å²) in [6, 6.07) is 7.69. The fourth-order valence-electron chi connectivity index (χ4n) is 3.90. The van der Waals surface area contributed by atoms with Gasteiger partial charge in [-0.2, -0.15) is 0 Å². The van der Waals surface area contributed by atoms with Gasteiger partial charge in [0.1, 0.15) is 0 Å². The minimum absolute atomic E-state index is 0.0291. The SMILES string of the molecule is Cn1c(=O)c2ccccc2n2c(SCC(=O)NC3CCCCCCC3)nnc12. The quantitative estimate of drug-likeness (QED) is 0.682. The number of thioether (sulfide) groups is 1. The lowest BCUT2D eigenvalue weighted by atomic mass is 9.97. The fraction of sp³-hybridized carbons (Fsp3) is 0.500. The maximum absolute atomic E-state index is 12.5. The Bertz CT molecular complexity index is 1050. The lowest BCUT2D eigenvalue weighted by Gasteiger charge is -2.20. The molecule has 4 rings (SSSR count). The summed E-state index contributed by atoms with van der Waals surface area (Å²) in [5.41, 5.74) is 0.655. The van der Waals surface area contributed by atoms with Crippen LogP contribution in [0.25, 0.3) is 16.7 Å². The maximum atomic E-state index is 12.5. The van der Waals surface area contributed by atoms with E-state index in [1.165, 1.54) is 48.4 Å². The Morgan fingerprint density at radius 1 is 1.14 bits per heavy atom. The molecule has 8 heteroatoms. The number of benzene rings is 1. The van der Waals surface area contributed by atoms with Crippen molar-refractivity contribution in [2.24, 2.45) is 7.05 Å². The summed E-state index contributed by atoms with van der Waals surface area (Å²) < 4.78 is 3.35. The topological polar surface area (TPSA) is 81.3 Å². The smallest absolute Gasteiger partial charge is 0.262 e. The lowest BCUT2D eigenvalue weighted by molar-refractivity contribution is -0.119. The molecule has 3 aromatic rings. The van der Waals surface area contributed by atoms with Gasteiger partial charge >= 0.3 is 0 Å². The van der Waals surface area contributed by atoms with Gasteiger partial charge in [0.15, 0.2) is 5.16 Å². The molecule has 1 aromatic carbocycles. The van der Waals surface area contributed by atoms with Crippen LogP contribution in [0.5, 0.6) is 0 Å². The van der Waals surface area contributed by atoms with Crippen molar-refractivity contribution in [3.63, 3.8) is 0 Å². The molecule has 2 aromatic heterocycles. The second kappa shape index (κ2) is 8.34. The summed E-state index contributed by atoms with van der Waals surface area (Å²) in [6.45, 7) is 0. The summed E-state index contributed by atoms with van der Waals surface area (Å²) in [5, 5.41) is 12.8. The molecule has 1 N–H and O–H groups in total. The first kappa shape index (κ1) is 19.0. The van der Waals surface area contributed by atoms with Gasteiger partial charge in [0, 0.05) is 13.1 Å². The van der Waals surface area contributed by atoms with E-state index in [0.717, 1.165) is 18.4 Å². The van der Waals surface area contributed by atoms with Crippen molar-refractivity contribution in [1.82, 2.24) is 24.5 Å². The van der Waals surface area contributed by atoms with Gasteiger partial charge in [-0.05, 0) is 25.0 Å². The number of hydrogen-bond acceptors (Lipinski definition) is 5. The van der Waals surface area contributed by atoms with E-state index >= 15 is 0 Å². The highest BCUT2D eigenvalue weighted by Crippen LogP contribution is 2.22. The summed E-state index contributed by atoms with van der Waals surface area (Å²) in [6.07, 6.45) is 8.35. The summed E-state index contributed by atoms with van der Waals surface area (Å²) in [5.74, 6) is 0.794. The number of nitrogens with zero attached hydrogens (tertiary/aromatic N) is 4. The number of carbonyl (C=O) groups is 1. The Hall–Kier alpha value is -2.35. The Morgan fingerprint density at radius 3 is 2.64 bits per heavy atom. The van der Waals surface area contributed by atoms with Gasteiger partial charge in [-0.3, -0.25) is 18.6 Å². The number of amides is 1. The molecule has 0 unspecified atom stereocenters. The van der Waals surface area contributed by atoms with Crippen molar-refractivity contribution in [3.8, 4) is 0 Å². The van der Waals surface area contributed by atoms with Crippen molar-refractivity contribution >= 4 is 34.3 Å². The number of hydrogen-bond donors (Lipinski definition) is 1. The molecule has 148 valence electrons. The fourth-order valence-corrected chi connectivity index (χ4v) is 4.66. The van der Waals surface area contributed by atoms with Crippen LogP contribution in [0.15, 0.2) is 34.2 Å². The van der Waals surface area contributed by atoms with Gasteiger partial charge in [-0.25, -0.2) is 0 Å². The number of nitrogens with one attached hydrogen (secondary N) is 1. The zero-order chi connectivity index (χ0) is 19.5. The highest BCUT2D eigenvalue weighted by Gasteiger charge is 2.18. The van der Waals surface area contributed by atoms with Crippen LogP contribution in [0.2, 0.25) is 0 Å². The second-order valence-electron chi connectivity index (χ2n) is 7.40. The zero-order valence-corrected chi connectivity index (χ0v) is 16.9. The van der Waals surface area contributed by atoms with Crippen LogP contribution >= 0.6 is 11.8 Å². The highest BCUT2D eigenvalue weighted by molar-refractivity contribution is 7.99. The molecule has 0 aliphatic heterocycles. The number of fused-ring (bicyclic) bond motifs is 3. The van der Waals surface area contributed by atoms with Crippen LogP contribution in [0.4, 0.5) is 0 Å². The predicted octanol–water partition coefficient (Wildman–Crippen LogP) is 2.90. The van der Waals surface area contributed by atoms with Crippen LogP contribution in [0, 0.1) is 0 Å². The molecule has 1 amide bonds. The average molecular weight is 400 g/mol. The van der Waals surface area contributed by atoms with Crippen LogP contribution in [-0.4, -0.2) is 36.9 Å². The van der Waals surface area contributed by atoms with E-state index < -0.39 is 0 Å². The molecule has 0 atom stereocenters. The van der Waals surface area contributed by atoms with E-state index in [1.807, 2.05) is 22.6 Å². The molecule has 7 nitrogen and oxygen atoms in total. The Labute approximate surface area is 167 Å². The standard InChI is InChI=1S/C20H25N5O2S/c1-24-18(27)15-11-7-8-12-16(15)25-19(24)22-23-20(25)28-13-17(26)21-14-9-5-3-2-4-6-10-14/h7-8,11-12,14H,2-6,9-10,13H2,1H3,(H,21,26). The van der Waals surface area contributed by atoms with Crippen LogP contribution < -0.4 is 10.9 Å². The van der Waals surface area contributed by atoms with Gasteiger partial charge in [0.05, 0.1) is 16.7 Å². The summed E-state index contributed by atoms with van der Waals surface area (Å²) in [4.78, 5) is 25.0. The first-order valence-electron chi connectivity index (χ1n) is 9.90. The first-order valence-corrected chi connectivity index (χ1v) is 10.9. The Balaban J connectivity index is 1.52. The second-order valence-corrected chi connectivity index (χ2v) is 8.34. The molecule has 0 spiro atoms. The predicted molar refractivity (Wildman–Crippen MR) is 111 cm³/mol. The van der Waals surface area contributed by atoms with E-state index in [1.54, 1.807) is 13.1 Å². The van der Waals surface area contributed by atoms with Gasteiger partial charge in [-0.15, -0.1) is 10.2 Å². The molecule has 1 aliphatic carbocycles. The van der Waals surface area contributed by atoms with Gasteiger partial charge in [-0.1, -0.05) is 56.0 Å². The van der Waals surface area contributed by atoms with E-state index in [4.69, 9.17) is 0 Å². The molecule has 1 fully saturated rings. The zero-order valence-electron chi connectivity index (χ0n) is 16.1. The van der Waals surface area contributed by atoms with Crippen LogP contribution in [0.1, 0.15) is 44.9 Å². The van der Waals surface area contributed by atoms with Gasteiger partial charge < -0.3 is 5.32 Å². The van der Waals surface area contributed by atoms with E-state index in [0.29, 0.717) is 16.3 Å². The highest BCUT2D eigenvalue weighted by atomic mass is 32.2. The monoisotopic (exact) mass is 399 g/mol. The number of para-hydroxylation sites is 1. The summed E-state index contributed by atoms with van der Waals surface area (Å²) in [7, 11) is 1.69. The third-order valence-electron chi connectivity index (χ3n) is 5.40. The molecule has 0 saturated heterocycles. The van der Waals surface area contributed by atoms with Crippen molar-refractivity contribution in [3.05, 3.63) is 34.6 Å². The third-order valence-corrected chi connectivity index (χ3v) is 6.33. The maximum Gasteiger partial charge on any atom is 0.262 e. The molecule has 0 radical (unpaired) electrons. The Kier molecular flexibility index (Phi) is 5.66. The average Bonchev–Trinajstić information content (AvgIpc) is 3.11. The lowest BCUT2D eigenvalue weighted by Crippen LogP contribution is -2.36. The molecule has 1 aliphatic rings. The molecule has 0 bridgehead atoms. The van der Waals surface area contributed by atoms with Crippen LogP contribution in [-0.2, 0) is 11.8 Å². The van der Waals surface area contributed by atoms with Crippen molar-refractivity contribution in [1.29, 1.82) is 0 Å². The van der Waals surface area contributed by atoms with Gasteiger partial charge in [0.2, 0.25) is 11.7 Å². The first-order chi connectivity index (χ1) is 13.6. The van der Waals surface area contributed by atoms with E-state index in [2.05, 4.69) is 15.5 Å². The molecule has 1 saturated carbocycles. The minimum atomic E-state index is -0.103. The molecular formula is C20H25N5O2S. The van der Waals surface area contributed by atoms with Crippen LogP contribution in [0.3, 0.4) is 0 Å². The Morgan fingerprint density at radius 2 is 1.86 bits per heavy atom. The summed E-state index contributed by atoms with van der Waals surface area (Å²) >= 11 is 1.35. The van der Waals surface area contributed by atoms with Crippen molar-refractivity contribution < 1.29 is 4.79 Å². The molecular weight excluding hydrogens is 374 g/mol. The van der Waals surface area contributed by atoms with E-state index in [9.17, 15) is 9.59 Å².